The Morgan fingerprint density at radius 2 is 1.07 bits per heavy atom. The third-order valence-electron chi connectivity index (χ3n) is 6.82. The number of nitrogens with zero attached hydrogens (tertiary/aromatic N) is 4. The molecule has 0 aromatic carbocycles. The van der Waals surface area contributed by atoms with E-state index >= 15 is 0 Å². The van der Waals surface area contributed by atoms with E-state index in [4.69, 9.17) is 9.84 Å². The van der Waals surface area contributed by atoms with Crippen LogP contribution in [-0.4, -0.2) is 202 Å². The van der Waals surface area contributed by atoms with Crippen LogP contribution in [0, 0.1) is 0 Å². The second-order valence-electron chi connectivity index (χ2n) is 9.60. The van der Waals surface area contributed by atoms with Crippen LogP contribution in [0.3, 0.4) is 0 Å². The molecule has 0 aromatic heterocycles. The first-order valence-electron chi connectivity index (χ1n) is 13.5. The molecule has 0 saturated carbocycles. The van der Waals surface area contributed by atoms with Crippen LogP contribution in [0.2, 0.25) is 0 Å². The minimum atomic E-state index is -1.47. The number of carboxylic acids is 4. The standard InChI is InChI=1S/C24H43N5O13/c30-10-12-42-11-1-25-20(33)14-26-2-4-27(17(22(36)37)13-21(34)35)6-7-29(19(16-32)24(40)41)9-8-28(5-3-26)18(15-31)23(38)39/h17-19,30-32H,1-16H2,(H,25,33)(H,34,35)(H,36,37)(H,38,39)(H,40,41). The van der Waals surface area contributed by atoms with Gasteiger partial charge in [-0.2, -0.15) is 0 Å². The molecular weight excluding hydrogens is 566 g/mol. The van der Waals surface area contributed by atoms with Gasteiger partial charge in [0, 0.05) is 58.9 Å². The number of ether oxygens (including phenoxy) is 1. The van der Waals surface area contributed by atoms with Crippen molar-refractivity contribution in [2.45, 2.75) is 24.5 Å². The lowest BCUT2D eigenvalue weighted by Gasteiger charge is -2.38. The maximum Gasteiger partial charge on any atom is 0.323 e. The van der Waals surface area contributed by atoms with Crippen molar-refractivity contribution in [1.82, 2.24) is 24.9 Å². The Morgan fingerprint density at radius 1 is 0.643 bits per heavy atom. The predicted octanol–water partition coefficient (Wildman–Crippen LogP) is -4.85. The van der Waals surface area contributed by atoms with E-state index in [0.29, 0.717) is 0 Å². The lowest BCUT2D eigenvalue weighted by atomic mass is 10.1. The number of nitrogens with one attached hydrogen (secondary N) is 1. The number of aliphatic hydroxyl groups is 3. The van der Waals surface area contributed by atoms with Gasteiger partial charge >= 0.3 is 23.9 Å². The van der Waals surface area contributed by atoms with Crippen molar-refractivity contribution in [3.63, 3.8) is 0 Å². The average molecular weight is 610 g/mol. The highest BCUT2D eigenvalue weighted by molar-refractivity contribution is 5.80. The van der Waals surface area contributed by atoms with Gasteiger partial charge in [0.1, 0.15) is 18.1 Å². The number of rotatable bonds is 17. The summed E-state index contributed by atoms with van der Waals surface area (Å²) >= 11 is 0. The summed E-state index contributed by atoms with van der Waals surface area (Å²) in [5.74, 6) is -5.85. The van der Waals surface area contributed by atoms with Crippen molar-refractivity contribution in [3.05, 3.63) is 0 Å². The zero-order valence-electron chi connectivity index (χ0n) is 23.4. The zero-order chi connectivity index (χ0) is 31.7. The van der Waals surface area contributed by atoms with Crippen LogP contribution in [0.1, 0.15) is 6.42 Å². The molecule has 1 aliphatic heterocycles. The van der Waals surface area contributed by atoms with E-state index in [9.17, 15) is 54.6 Å². The monoisotopic (exact) mass is 609 g/mol. The Bertz CT molecular complexity index is 880. The quantitative estimate of drug-likeness (QED) is 0.0719. The first-order valence-corrected chi connectivity index (χ1v) is 13.5. The Labute approximate surface area is 242 Å². The molecule has 18 nitrogen and oxygen atoms in total. The molecule has 18 heteroatoms. The number of amides is 1. The number of hydrogen-bond donors (Lipinski definition) is 8. The Balaban J connectivity index is 3.29. The molecule has 1 heterocycles. The van der Waals surface area contributed by atoms with Crippen LogP contribution in [0.4, 0.5) is 0 Å². The van der Waals surface area contributed by atoms with Crippen molar-refractivity contribution in [3.8, 4) is 0 Å². The highest BCUT2D eigenvalue weighted by Crippen LogP contribution is 2.11. The summed E-state index contributed by atoms with van der Waals surface area (Å²) in [4.78, 5) is 65.5. The van der Waals surface area contributed by atoms with Crippen LogP contribution in [0.15, 0.2) is 0 Å². The molecule has 0 aliphatic carbocycles. The number of carbonyl (C=O) groups excluding carboxylic acids is 1. The lowest BCUT2D eigenvalue weighted by Crippen LogP contribution is -2.56. The van der Waals surface area contributed by atoms with Crippen LogP contribution >= 0.6 is 0 Å². The summed E-state index contributed by atoms with van der Waals surface area (Å²) in [5.41, 5.74) is 0. The molecule has 1 aliphatic rings. The SMILES string of the molecule is O=C(O)CC(C(=O)O)N1CCN(CC(=O)NCCOCCO)CCN(C(CO)C(=O)O)CCN(C(CO)C(=O)O)CC1. The summed E-state index contributed by atoms with van der Waals surface area (Å²) in [6.07, 6.45) is -0.739. The van der Waals surface area contributed by atoms with Crippen molar-refractivity contribution in [1.29, 1.82) is 0 Å². The third-order valence-corrected chi connectivity index (χ3v) is 6.82. The Hall–Kier alpha value is -2.97. The van der Waals surface area contributed by atoms with E-state index in [1.165, 1.54) is 14.7 Å². The van der Waals surface area contributed by atoms with E-state index < -0.39 is 67.5 Å². The molecule has 1 amide bonds. The summed E-state index contributed by atoms with van der Waals surface area (Å²) in [7, 11) is 0. The third kappa shape index (κ3) is 13.3. The fourth-order valence-corrected chi connectivity index (χ4v) is 4.52. The molecule has 0 radical (unpaired) electrons. The molecular formula is C24H43N5O13. The maximum absolute atomic E-state index is 12.6. The normalized spacial score (nSPS) is 19.1. The number of carbonyl (C=O) groups is 5. The summed E-state index contributed by atoms with van der Waals surface area (Å²) in [6.45, 7) is -1.69. The van der Waals surface area contributed by atoms with E-state index in [0.717, 1.165) is 0 Å². The van der Waals surface area contributed by atoms with Gasteiger partial charge in [-0.15, -0.1) is 0 Å². The van der Waals surface area contributed by atoms with E-state index in [1.54, 1.807) is 4.90 Å². The largest absolute Gasteiger partial charge is 0.481 e. The lowest BCUT2D eigenvalue weighted by molar-refractivity contribution is -0.151. The van der Waals surface area contributed by atoms with Gasteiger partial charge in [-0.1, -0.05) is 0 Å². The number of hydrogen-bond acceptors (Lipinski definition) is 13. The van der Waals surface area contributed by atoms with Gasteiger partial charge < -0.3 is 45.8 Å². The Morgan fingerprint density at radius 3 is 1.45 bits per heavy atom. The average Bonchev–Trinajstić information content (AvgIpc) is 2.91. The van der Waals surface area contributed by atoms with Gasteiger partial charge in [0.2, 0.25) is 5.91 Å². The molecule has 0 aromatic rings. The predicted molar refractivity (Wildman–Crippen MR) is 143 cm³/mol. The smallest absolute Gasteiger partial charge is 0.323 e. The van der Waals surface area contributed by atoms with Crippen molar-refractivity contribution < 1.29 is 64.5 Å². The second kappa shape index (κ2) is 20.0. The van der Waals surface area contributed by atoms with E-state index in [-0.39, 0.29) is 85.3 Å². The number of carboxylic acid groups (broad SMARTS) is 4. The van der Waals surface area contributed by atoms with Crippen molar-refractivity contribution in [2.75, 3.05) is 98.5 Å². The summed E-state index contributed by atoms with van der Waals surface area (Å²) in [6, 6.07) is -4.21. The molecule has 8 N–H and O–H groups in total. The molecule has 0 spiro atoms. The van der Waals surface area contributed by atoms with Gasteiger partial charge in [0.15, 0.2) is 0 Å². The first-order chi connectivity index (χ1) is 19.9. The van der Waals surface area contributed by atoms with E-state index in [1.807, 2.05) is 0 Å². The molecule has 1 fully saturated rings. The maximum atomic E-state index is 12.6. The number of aliphatic carboxylic acids is 4. The number of aliphatic hydroxyl groups excluding tert-OH is 3. The Kier molecular flexibility index (Phi) is 17.7. The summed E-state index contributed by atoms with van der Waals surface area (Å²) in [5, 5.41) is 69.3. The minimum absolute atomic E-state index is 0.0204. The van der Waals surface area contributed by atoms with Crippen LogP contribution < -0.4 is 5.32 Å². The van der Waals surface area contributed by atoms with Gasteiger partial charge in [-0.05, 0) is 0 Å². The minimum Gasteiger partial charge on any atom is -0.481 e. The van der Waals surface area contributed by atoms with Crippen LogP contribution in [0.5, 0.6) is 0 Å². The van der Waals surface area contributed by atoms with Crippen molar-refractivity contribution >= 4 is 29.8 Å². The molecule has 42 heavy (non-hydrogen) atoms. The summed E-state index contributed by atoms with van der Waals surface area (Å²) < 4.78 is 5.10. The molecule has 0 bridgehead atoms. The first kappa shape index (κ1) is 37.1. The molecule has 3 atom stereocenters. The zero-order valence-corrected chi connectivity index (χ0v) is 23.4. The van der Waals surface area contributed by atoms with Gasteiger partial charge in [0.25, 0.3) is 0 Å². The molecule has 1 rings (SSSR count). The highest BCUT2D eigenvalue weighted by Gasteiger charge is 2.33. The van der Waals surface area contributed by atoms with Gasteiger partial charge in [-0.25, -0.2) is 0 Å². The van der Waals surface area contributed by atoms with Crippen LogP contribution in [-0.2, 0) is 28.7 Å². The molecule has 242 valence electrons. The highest BCUT2D eigenvalue weighted by atomic mass is 16.5. The molecule has 1 saturated heterocycles. The molecule has 3 unspecified atom stereocenters. The van der Waals surface area contributed by atoms with Gasteiger partial charge in [-0.3, -0.25) is 43.6 Å². The van der Waals surface area contributed by atoms with E-state index in [2.05, 4.69) is 5.32 Å². The second-order valence-corrected chi connectivity index (χ2v) is 9.60. The fourth-order valence-electron chi connectivity index (χ4n) is 4.52. The topological polar surface area (TPSA) is 261 Å². The van der Waals surface area contributed by atoms with Gasteiger partial charge in [0.05, 0.1) is 46.0 Å². The fraction of sp³-hybridized carbons (Fsp3) is 0.792. The van der Waals surface area contributed by atoms with Crippen LogP contribution in [0.25, 0.3) is 0 Å². The van der Waals surface area contributed by atoms with Crippen molar-refractivity contribution in [2.24, 2.45) is 0 Å².